The van der Waals surface area contributed by atoms with Gasteiger partial charge in [0.25, 0.3) is 0 Å². The predicted molar refractivity (Wildman–Crippen MR) is 136 cm³/mol. The van der Waals surface area contributed by atoms with Gasteiger partial charge < -0.3 is 15.4 Å². The number of hydrogen-bond acceptors (Lipinski definition) is 3. The van der Waals surface area contributed by atoms with Gasteiger partial charge in [-0.1, -0.05) is 48.0 Å². The number of hydrogen-bond donors (Lipinski definition) is 2. The third-order valence-corrected chi connectivity index (χ3v) is 5.24. The van der Waals surface area contributed by atoms with Crippen molar-refractivity contribution in [1.82, 2.24) is 15.5 Å². The minimum Gasteiger partial charge on any atom is -0.379 e. The zero-order valence-electron chi connectivity index (χ0n) is 18.4. The average molecular weight is 522 g/mol. The van der Waals surface area contributed by atoms with E-state index in [0.717, 1.165) is 51.9 Å². The number of ether oxygens (including phenoxy) is 1. The van der Waals surface area contributed by atoms with Crippen molar-refractivity contribution in [2.75, 3.05) is 32.8 Å². The third kappa shape index (κ3) is 7.89. The first-order valence-electron chi connectivity index (χ1n) is 10.6. The molecular weight excluding hydrogens is 487 g/mol. The average Bonchev–Trinajstić information content (AvgIpc) is 2.73. The molecule has 0 spiro atoms. The Morgan fingerprint density at radius 2 is 1.70 bits per heavy atom. The van der Waals surface area contributed by atoms with Crippen LogP contribution in [-0.2, 0) is 24.4 Å². The smallest absolute Gasteiger partial charge is 0.191 e. The first kappa shape index (κ1) is 24.6. The lowest BCUT2D eigenvalue weighted by atomic mass is 10.1. The standard InChI is InChI=1S/C24H34N4O.HI/c1-4-25-24(27-17-23-10-5-19(2)15-20(23)3)26-16-21-6-8-22(9-7-21)18-28-11-13-29-14-12-28;/h5-10,15H,4,11-14,16-18H2,1-3H3,(H2,25,26,27);1H. The number of morpholine rings is 1. The number of aliphatic imine (C=N–C) groups is 1. The van der Waals surface area contributed by atoms with Crippen LogP contribution in [0.5, 0.6) is 0 Å². The van der Waals surface area contributed by atoms with Gasteiger partial charge >= 0.3 is 0 Å². The van der Waals surface area contributed by atoms with E-state index in [-0.39, 0.29) is 24.0 Å². The van der Waals surface area contributed by atoms with Gasteiger partial charge in [0.05, 0.1) is 19.8 Å². The van der Waals surface area contributed by atoms with Crippen molar-refractivity contribution in [2.24, 2.45) is 4.99 Å². The van der Waals surface area contributed by atoms with E-state index in [2.05, 4.69) is 78.8 Å². The fraction of sp³-hybridized carbons (Fsp3) is 0.458. The summed E-state index contributed by atoms with van der Waals surface area (Å²) in [6.07, 6.45) is 0. The molecule has 1 saturated heterocycles. The second kappa shape index (κ2) is 12.9. The lowest BCUT2D eigenvalue weighted by molar-refractivity contribution is 0.0342. The van der Waals surface area contributed by atoms with Gasteiger partial charge in [-0.15, -0.1) is 24.0 Å². The molecule has 0 amide bonds. The van der Waals surface area contributed by atoms with Gasteiger partial charge in [0.1, 0.15) is 0 Å². The van der Waals surface area contributed by atoms with Crippen LogP contribution in [0, 0.1) is 13.8 Å². The molecule has 0 atom stereocenters. The van der Waals surface area contributed by atoms with E-state index in [0.29, 0.717) is 6.54 Å². The van der Waals surface area contributed by atoms with E-state index >= 15 is 0 Å². The van der Waals surface area contributed by atoms with Crippen LogP contribution in [0.3, 0.4) is 0 Å². The number of aryl methyl sites for hydroxylation is 2. The number of rotatable bonds is 7. The summed E-state index contributed by atoms with van der Waals surface area (Å²) in [6.45, 7) is 13.4. The summed E-state index contributed by atoms with van der Waals surface area (Å²) in [5, 5.41) is 6.79. The van der Waals surface area contributed by atoms with Gasteiger partial charge in [0.15, 0.2) is 5.96 Å². The fourth-order valence-corrected chi connectivity index (χ4v) is 3.50. The summed E-state index contributed by atoms with van der Waals surface area (Å²) in [5.74, 6) is 0.852. The van der Waals surface area contributed by atoms with E-state index < -0.39 is 0 Å². The molecule has 0 aromatic heterocycles. The van der Waals surface area contributed by atoms with Gasteiger partial charge in [-0.2, -0.15) is 0 Å². The molecule has 30 heavy (non-hydrogen) atoms. The molecule has 1 aliphatic heterocycles. The van der Waals surface area contributed by atoms with Crippen LogP contribution in [0.2, 0.25) is 0 Å². The molecule has 0 bridgehead atoms. The second-order valence-corrected chi connectivity index (χ2v) is 7.68. The fourth-order valence-electron chi connectivity index (χ4n) is 3.50. The number of nitrogens with one attached hydrogen (secondary N) is 2. The van der Waals surface area contributed by atoms with Crippen LogP contribution in [0.1, 0.15) is 34.7 Å². The van der Waals surface area contributed by atoms with E-state index in [1.165, 1.54) is 27.8 Å². The minimum atomic E-state index is 0. The molecule has 2 aromatic carbocycles. The SMILES string of the molecule is CCNC(=NCc1ccc(CN2CCOCC2)cc1)NCc1ccc(C)cc1C.I. The summed E-state index contributed by atoms with van der Waals surface area (Å²) < 4.78 is 5.42. The Kier molecular flexibility index (Phi) is 10.6. The summed E-state index contributed by atoms with van der Waals surface area (Å²) in [6, 6.07) is 15.4. The lowest BCUT2D eigenvalue weighted by Crippen LogP contribution is -2.37. The molecule has 0 aliphatic carbocycles. The summed E-state index contributed by atoms with van der Waals surface area (Å²) >= 11 is 0. The molecule has 5 nitrogen and oxygen atoms in total. The summed E-state index contributed by atoms with van der Waals surface area (Å²) in [4.78, 5) is 7.20. The number of benzene rings is 2. The highest BCUT2D eigenvalue weighted by molar-refractivity contribution is 14.0. The van der Waals surface area contributed by atoms with Crippen molar-refractivity contribution in [3.8, 4) is 0 Å². The highest BCUT2D eigenvalue weighted by Crippen LogP contribution is 2.11. The summed E-state index contributed by atoms with van der Waals surface area (Å²) in [5.41, 5.74) is 6.47. The van der Waals surface area contributed by atoms with Crippen LogP contribution in [0.4, 0.5) is 0 Å². The Labute approximate surface area is 198 Å². The van der Waals surface area contributed by atoms with Gasteiger partial charge in [0.2, 0.25) is 0 Å². The Balaban J connectivity index is 0.00000320. The Bertz CT molecular complexity index is 801. The van der Waals surface area contributed by atoms with Gasteiger partial charge in [0, 0.05) is 32.7 Å². The zero-order chi connectivity index (χ0) is 20.5. The highest BCUT2D eigenvalue weighted by Gasteiger charge is 2.10. The molecule has 3 rings (SSSR count). The van der Waals surface area contributed by atoms with E-state index in [1.54, 1.807) is 0 Å². The van der Waals surface area contributed by atoms with Crippen molar-refractivity contribution in [3.05, 3.63) is 70.3 Å². The number of halogens is 1. The van der Waals surface area contributed by atoms with Crippen molar-refractivity contribution in [3.63, 3.8) is 0 Å². The van der Waals surface area contributed by atoms with Crippen LogP contribution in [0.15, 0.2) is 47.5 Å². The first-order chi connectivity index (χ1) is 14.1. The molecule has 164 valence electrons. The molecule has 1 aliphatic rings. The van der Waals surface area contributed by atoms with Gasteiger partial charge in [-0.25, -0.2) is 4.99 Å². The van der Waals surface area contributed by atoms with Gasteiger partial charge in [-0.05, 0) is 43.0 Å². The normalized spacial score (nSPS) is 14.8. The number of nitrogens with zero attached hydrogens (tertiary/aromatic N) is 2. The Morgan fingerprint density at radius 3 is 2.37 bits per heavy atom. The zero-order valence-corrected chi connectivity index (χ0v) is 20.7. The second-order valence-electron chi connectivity index (χ2n) is 7.68. The van der Waals surface area contributed by atoms with Crippen LogP contribution < -0.4 is 10.6 Å². The number of guanidine groups is 1. The quantitative estimate of drug-likeness (QED) is 0.328. The molecule has 2 N–H and O–H groups in total. The molecule has 0 saturated carbocycles. The van der Waals surface area contributed by atoms with Crippen molar-refractivity contribution >= 4 is 29.9 Å². The van der Waals surface area contributed by atoms with Crippen LogP contribution in [0.25, 0.3) is 0 Å². The monoisotopic (exact) mass is 522 g/mol. The molecule has 2 aromatic rings. The van der Waals surface area contributed by atoms with Crippen LogP contribution in [-0.4, -0.2) is 43.7 Å². The maximum Gasteiger partial charge on any atom is 0.191 e. The molecular formula is C24H35IN4O. The Morgan fingerprint density at radius 1 is 1.00 bits per heavy atom. The predicted octanol–water partition coefficient (Wildman–Crippen LogP) is 4.01. The van der Waals surface area contributed by atoms with Crippen molar-refractivity contribution < 1.29 is 4.74 Å². The molecule has 0 radical (unpaired) electrons. The lowest BCUT2D eigenvalue weighted by Gasteiger charge is -2.26. The molecule has 1 fully saturated rings. The minimum absolute atomic E-state index is 0. The third-order valence-electron chi connectivity index (χ3n) is 5.24. The van der Waals surface area contributed by atoms with E-state index in [9.17, 15) is 0 Å². The van der Waals surface area contributed by atoms with E-state index in [1.807, 2.05) is 0 Å². The highest BCUT2D eigenvalue weighted by atomic mass is 127. The topological polar surface area (TPSA) is 48.9 Å². The maximum atomic E-state index is 5.42. The molecule has 6 heteroatoms. The summed E-state index contributed by atoms with van der Waals surface area (Å²) in [7, 11) is 0. The molecule has 0 unspecified atom stereocenters. The maximum absolute atomic E-state index is 5.42. The van der Waals surface area contributed by atoms with Crippen molar-refractivity contribution in [1.29, 1.82) is 0 Å². The van der Waals surface area contributed by atoms with Gasteiger partial charge in [-0.3, -0.25) is 4.90 Å². The van der Waals surface area contributed by atoms with Crippen molar-refractivity contribution in [2.45, 2.75) is 40.4 Å². The first-order valence-corrected chi connectivity index (χ1v) is 10.6. The van der Waals surface area contributed by atoms with Crippen LogP contribution >= 0.6 is 24.0 Å². The Hall–Kier alpha value is -1.64. The van der Waals surface area contributed by atoms with E-state index in [4.69, 9.17) is 9.73 Å². The largest absolute Gasteiger partial charge is 0.379 e. The molecule has 1 heterocycles.